The van der Waals surface area contributed by atoms with Gasteiger partial charge in [0.2, 0.25) is 5.91 Å². The number of carbonyl (C=O) groups excluding carboxylic acids is 1. The first-order valence-corrected chi connectivity index (χ1v) is 10.3. The largest absolute Gasteiger partial charge is 0.365 e. The van der Waals surface area contributed by atoms with E-state index in [4.69, 9.17) is 0 Å². The van der Waals surface area contributed by atoms with Gasteiger partial charge >= 0.3 is 0 Å². The van der Waals surface area contributed by atoms with Crippen molar-refractivity contribution in [2.45, 2.75) is 25.4 Å². The monoisotopic (exact) mass is 378 g/mol. The Bertz CT molecular complexity index is 957. The van der Waals surface area contributed by atoms with Gasteiger partial charge in [0, 0.05) is 31.3 Å². The molecule has 0 saturated carbocycles. The van der Waals surface area contributed by atoms with E-state index in [1.165, 1.54) is 12.1 Å². The highest BCUT2D eigenvalue weighted by molar-refractivity contribution is 7.91. The second-order valence-corrected chi connectivity index (χ2v) is 9.00. The fourth-order valence-corrected chi connectivity index (χ4v) is 5.18. The number of sulfone groups is 1. The third-order valence-corrected chi connectivity index (χ3v) is 6.54. The molecule has 3 heterocycles. The van der Waals surface area contributed by atoms with Gasteiger partial charge in [-0.1, -0.05) is 0 Å². The second kappa shape index (κ2) is 6.39. The summed E-state index contributed by atoms with van der Waals surface area (Å²) in [5.74, 6) is -0.225. The van der Waals surface area contributed by atoms with Crippen LogP contribution in [-0.2, 0) is 21.2 Å². The Morgan fingerprint density at radius 3 is 2.96 bits per heavy atom. The van der Waals surface area contributed by atoms with Gasteiger partial charge in [0.25, 0.3) is 0 Å². The smallest absolute Gasteiger partial charge is 0.226 e. The zero-order valence-electron chi connectivity index (χ0n) is 14.1. The number of hydrogen-bond acceptors (Lipinski definition) is 5. The molecule has 1 unspecified atom stereocenters. The molecule has 1 saturated heterocycles. The van der Waals surface area contributed by atoms with Crippen molar-refractivity contribution in [1.29, 1.82) is 0 Å². The topological polar surface area (TPSA) is 84.3 Å². The molecule has 7 nitrogen and oxygen atoms in total. The summed E-state index contributed by atoms with van der Waals surface area (Å²) >= 11 is 0. The van der Waals surface area contributed by atoms with Crippen LogP contribution in [0.2, 0.25) is 0 Å². The third-order valence-electron chi connectivity index (χ3n) is 4.79. The van der Waals surface area contributed by atoms with E-state index in [0.717, 1.165) is 11.3 Å². The number of anilines is 2. The highest BCUT2D eigenvalue weighted by Gasteiger charge is 2.30. The van der Waals surface area contributed by atoms with Crippen LogP contribution < -0.4 is 10.2 Å². The van der Waals surface area contributed by atoms with Crippen molar-refractivity contribution in [3.63, 3.8) is 0 Å². The van der Waals surface area contributed by atoms with Crippen LogP contribution in [0, 0.1) is 5.82 Å². The minimum atomic E-state index is -2.97. The molecule has 26 heavy (non-hydrogen) atoms. The number of rotatable bonds is 3. The summed E-state index contributed by atoms with van der Waals surface area (Å²) in [6.07, 6.45) is 4.46. The van der Waals surface area contributed by atoms with E-state index in [1.807, 2.05) is 11.1 Å². The number of nitrogens with one attached hydrogen (secondary N) is 1. The van der Waals surface area contributed by atoms with E-state index < -0.39 is 15.7 Å². The lowest BCUT2D eigenvalue weighted by Crippen LogP contribution is -2.23. The zero-order chi connectivity index (χ0) is 18.3. The number of nitrogens with zero attached hydrogens (tertiary/aromatic N) is 3. The van der Waals surface area contributed by atoms with Gasteiger partial charge in [0.05, 0.1) is 35.1 Å². The summed E-state index contributed by atoms with van der Waals surface area (Å²) in [4.78, 5) is 13.9. The van der Waals surface area contributed by atoms with E-state index in [0.29, 0.717) is 31.6 Å². The van der Waals surface area contributed by atoms with Crippen LogP contribution in [0.3, 0.4) is 0 Å². The quantitative estimate of drug-likeness (QED) is 0.879. The Hall–Kier alpha value is -2.42. The maximum Gasteiger partial charge on any atom is 0.226 e. The summed E-state index contributed by atoms with van der Waals surface area (Å²) < 4.78 is 38.5. The van der Waals surface area contributed by atoms with E-state index in [-0.39, 0.29) is 23.5 Å². The van der Waals surface area contributed by atoms with Crippen LogP contribution >= 0.6 is 0 Å². The van der Waals surface area contributed by atoms with Crippen molar-refractivity contribution in [3.8, 4) is 0 Å². The molecule has 0 aliphatic carbocycles. The number of aromatic nitrogens is 2. The normalized spacial score (nSPS) is 22.0. The molecule has 1 amide bonds. The van der Waals surface area contributed by atoms with Crippen LogP contribution in [0.5, 0.6) is 0 Å². The lowest BCUT2D eigenvalue weighted by Gasteiger charge is -2.23. The van der Waals surface area contributed by atoms with Crippen molar-refractivity contribution in [2.75, 3.05) is 28.3 Å². The predicted octanol–water partition coefficient (Wildman–Crippen LogP) is 1.73. The van der Waals surface area contributed by atoms with Crippen LogP contribution in [0.4, 0.5) is 15.8 Å². The molecule has 4 rings (SSSR count). The molecular formula is C17H19FN4O3S. The lowest BCUT2D eigenvalue weighted by atomic mass is 10.2. The third kappa shape index (κ3) is 3.44. The van der Waals surface area contributed by atoms with Gasteiger partial charge in [-0.25, -0.2) is 12.8 Å². The first kappa shape index (κ1) is 17.0. The van der Waals surface area contributed by atoms with Gasteiger partial charge in [-0.15, -0.1) is 0 Å². The maximum absolute atomic E-state index is 13.5. The standard InChI is InChI=1S/C17H19FN4O3S/c18-13-1-2-16-15(7-13)20-17(23)3-5-21(16)9-12-8-19-22(10-12)14-4-6-26(24,25)11-14/h1-2,7-8,10,14H,3-6,9,11H2,(H,20,23). The number of amides is 1. The summed E-state index contributed by atoms with van der Waals surface area (Å²) in [5, 5.41) is 7.05. The van der Waals surface area contributed by atoms with Crippen molar-refractivity contribution in [2.24, 2.45) is 0 Å². The molecule has 1 atom stereocenters. The Balaban J connectivity index is 1.55. The molecular weight excluding hydrogens is 359 g/mol. The van der Waals surface area contributed by atoms with E-state index in [2.05, 4.69) is 10.4 Å². The zero-order valence-corrected chi connectivity index (χ0v) is 14.9. The van der Waals surface area contributed by atoms with Crippen molar-refractivity contribution in [3.05, 3.63) is 42.0 Å². The first-order chi connectivity index (χ1) is 12.4. The summed E-state index contributed by atoms with van der Waals surface area (Å²) in [6, 6.07) is 4.22. The van der Waals surface area contributed by atoms with Crippen molar-refractivity contribution < 1.29 is 17.6 Å². The molecule has 1 aromatic heterocycles. The van der Waals surface area contributed by atoms with Crippen LogP contribution in [0.1, 0.15) is 24.4 Å². The average Bonchev–Trinajstić information content (AvgIpc) is 3.14. The number of halogens is 1. The SMILES string of the molecule is O=C1CCN(Cc2cnn(C3CCS(=O)(=O)C3)c2)c2ccc(F)cc2N1. The summed E-state index contributed by atoms with van der Waals surface area (Å²) in [5.41, 5.74) is 2.13. The highest BCUT2D eigenvalue weighted by Crippen LogP contribution is 2.31. The molecule has 138 valence electrons. The Kier molecular flexibility index (Phi) is 4.18. The minimum absolute atomic E-state index is 0.123. The van der Waals surface area contributed by atoms with Gasteiger partial charge in [-0.2, -0.15) is 5.10 Å². The fourth-order valence-electron chi connectivity index (χ4n) is 3.48. The predicted molar refractivity (Wildman–Crippen MR) is 95.2 cm³/mol. The van der Waals surface area contributed by atoms with Gasteiger partial charge in [0.15, 0.2) is 9.84 Å². The molecule has 2 aliphatic rings. The first-order valence-electron chi connectivity index (χ1n) is 8.47. The summed E-state index contributed by atoms with van der Waals surface area (Å²) in [7, 11) is -2.97. The second-order valence-electron chi connectivity index (χ2n) is 6.77. The molecule has 2 aromatic rings. The average molecular weight is 378 g/mol. The van der Waals surface area contributed by atoms with Crippen LogP contribution in [0.15, 0.2) is 30.6 Å². The maximum atomic E-state index is 13.5. The number of fused-ring (bicyclic) bond motifs is 1. The Morgan fingerprint density at radius 2 is 2.19 bits per heavy atom. The lowest BCUT2D eigenvalue weighted by molar-refractivity contribution is -0.115. The molecule has 9 heteroatoms. The van der Waals surface area contributed by atoms with Gasteiger partial charge in [-0.05, 0) is 24.6 Å². The Labute approximate surface area is 150 Å². The number of benzene rings is 1. The highest BCUT2D eigenvalue weighted by atomic mass is 32.2. The number of hydrogen-bond donors (Lipinski definition) is 1. The van der Waals surface area contributed by atoms with Crippen LogP contribution in [-0.4, -0.2) is 42.2 Å². The van der Waals surface area contributed by atoms with E-state index in [1.54, 1.807) is 16.9 Å². The van der Waals surface area contributed by atoms with Crippen LogP contribution in [0.25, 0.3) is 0 Å². The molecule has 1 fully saturated rings. The van der Waals surface area contributed by atoms with Crippen molar-refractivity contribution >= 4 is 27.1 Å². The van der Waals surface area contributed by atoms with E-state index in [9.17, 15) is 17.6 Å². The molecule has 0 radical (unpaired) electrons. The molecule has 0 spiro atoms. The van der Waals surface area contributed by atoms with Gasteiger partial charge in [0.1, 0.15) is 5.82 Å². The number of carbonyl (C=O) groups is 1. The van der Waals surface area contributed by atoms with E-state index >= 15 is 0 Å². The molecule has 0 bridgehead atoms. The molecule has 2 aliphatic heterocycles. The van der Waals surface area contributed by atoms with Gasteiger partial charge in [-0.3, -0.25) is 9.48 Å². The molecule has 1 aromatic carbocycles. The fraction of sp³-hybridized carbons (Fsp3) is 0.412. The van der Waals surface area contributed by atoms with Crippen molar-refractivity contribution in [1.82, 2.24) is 9.78 Å². The van der Waals surface area contributed by atoms with Gasteiger partial charge < -0.3 is 10.2 Å². The Morgan fingerprint density at radius 1 is 1.35 bits per heavy atom. The summed E-state index contributed by atoms with van der Waals surface area (Å²) in [6.45, 7) is 1.01. The minimum Gasteiger partial charge on any atom is -0.365 e. The molecule has 1 N–H and O–H groups in total.